The fourth-order valence-electron chi connectivity index (χ4n) is 1.37. The van der Waals surface area contributed by atoms with E-state index in [4.69, 9.17) is 5.73 Å². The SMILES string of the molecule is Cc1cc(F)ncc1C(O)C(O)CC(N)=O. The van der Waals surface area contributed by atoms with E-state index < -0.39 is 24.1 Å². The van der Waals surface area contributed by atoms with E-state index in [-0.39, 0.29) is 12.0 Å². The molecule has 0 aliphatic rings. The number of aromatic nitrogens is 1. The highest BCUT2D eigenvalue weighted by molar-refractivity contribution is 5.74. The van der Waals surface area contributed by atoms with Crippen molar-refractivity contribution in [3.8, 4) is 0 Å². The maximum atomic E-state index is 12.7. The molecule has 0 saturated heterocycles. The fraction of sp³-hybridized carbons (Fsp3) is 0.400. The van der Waals surface area contributed by atoms with Gasteiger partial charge >= 0.3 is 0 Å². The zero-order chi connectivity index (χ0) is 12.3. The van der Waals surface area contributed by atoms with Crippen molar-refractivity contribution in [2.75, 3.05) is 0 Å². The molecule has 0 spiro atoms. The lowest BCUT2D eigenvalue weighted by Gasteiger charge is -2.18. The van der Waals surface area contributed by atoms with Crippen LogP contribution in [0.3, 0.4) is 0 Å². The highest BCUT2D eigenvalue weighted by Crippen LogP contribution is 2.21. The molecule has 1 rings (SSSR count). The van der Waals surface area contributed by atoms with Gasteiger partial charge in [-0.05, 0) is 18.6 Å². The molecule has 1 aromatic rings. The molecule has 16 heavy (non-hydrogen) atoms. The Bertz CT molecular complexity index is 398. The van der Waals surface area contributed by atoms with Crippen LogP contribution in [-0.2, 0) is 4.79 Å². The van der Waals surface area contributed by atoms with Crippen molar-refractivity contribution in [2.24, 2.45) is 5.73 Å². The number of amides is 1. The smallest absolute Gasteiger partial charge is 0.220 e. The Hall–Kier alpha value is -1.53. The molecule has 2 unspecified atom stereocenters. The number of hydrogen-bond donors (Lipinski definition) is 3. The lowest BCUT2D eigenvalue weighted by molar-refractivity contribution is -0.121. The molecule has 4 N–H and O–H groups in total. The molecule has 0 fully saturated rings. The number of aliphatic hydroxyl groups is 2. The standard InChI is InChI=1S/C10H13FN2O3/c1-5-2-8(11)13-4-6(5)10(16)7(14)3-9(12)15/h2,4,7,10,14,16H,3H2,1H3,(H2,12,15). The van der Waals surface area contributed by atoms with Gasteiger partial charge in [-0.2, -0.15) is 4.39 Å². The molecule has 0 aromatic carbocycles. The third-order valence-electron chi connectivity index (χ3n) is 2.21. The summed E-state index contributed by atoms with van der Waals surface area (Å²) in [7, 11) is 0. The van der Waals surface area contributed by atoms with Gasteiger partial charge in [0, 0.05) is 11.8 Å². The van der Waals surface area contributed by atoms with Crippen molar-refractivity contribution in [1.29, 1.82) is 0 Å². The molecule has 6 heteroatoms. The summed E-state index contributed by atoms with van der Waals surface area (Å²) in [6.07, 6.45) is -1.86. The largest absolute Gasteiger partial charge is 0.390 e. The molecule has 2 atom stereocenters. The van der Waals surface area contributed by atoms with Gasteiger partial charge in [0.25, 0.3) is 0 Å². The van der Waals surface area contributed by atoms with Crippen LogP contribution in [0, 0.1) is 12.9 Å². The molecule has 0 aliphatic heterocycles. The second-order valence-corrected chi connectivity index (χ2v) is 3.55. The van der Waals surface area contributed by atoms with E-state index in [0.29, 0.717) is 5.56 Å². The van der Waals surface area contributed by atoms with Gasteiger partial charge in [0.2, 0.25) is 11.9 Å². The summed E-state index contributed by atoms with van der Waals surface area (Å²) in [5.74, 6) is -1.39. The molecule has 1 amide bonds. The summed E-state index contributed by atoms with van der Waals surface area (Å²) >= 11 is 0. The Morgan fingerprint density at radius 1 is 1.62 bits per heavy atom. The summed E-state index contributed by atoms with van der Waals surface area (Å²) < 4.78 is 12.7. The number of halogens is 1. The second kappa shape index (κ2) is 5.00. The van der Waals surface area contributed by atoms with Crippen molar-refractivity contribution >= 4 is 5.91 Å². The first-order valence-corrected chi connectivity index (χ1v) is 4.68. The van der Waals surface area contributed by atoms with Gasteiger partial charge in [-0.15, -0.1) is 0 Å². The number of aliphatic hydroxyl groups excluding tert-OH is 2. The van der Waals surface area contributed by atoms with Gasteiger partial charge in [0.15, 0.2) is 0 Å². The van der Waals surface area contributed by atoms with Crippen LogP contribution in [0.15, 0.2) is 12.3 Å². The molecule has 0 bridgehead atoms. The van der Waals surface area contributed by atoms with Crippen LogP contribution in [0.4, 0.5) is 4.39 Å². The van der Waals surface area contributed by atoms with E-state index in [0.717, 1.165) is 12.3 Å². The van der Waals surface area contributed by atoms with E-state index in [2.05, 4.69) is 4.98 Å². The molecular formula is C10H13FN2O3. The van der Waals surface area contributed by atoms with Crippen molar-refractivity contribution in [3.05, 3.63) is 29.3 Å². The average Bonchev–Trinajstić information content (AvgIpc) is 2.15. The molecule has 1 aromatic heterocycles. The van der Waals surface area contributed by atoms with Gasteiger partial charge < -0.3 is 15.9 Å². The van der Waals surface area contributed by atoms with E-state index in [1.165, 1.54) is 0 Å². The van der Waals surface area contributed by atoms with E-state index in [9.17, 15) is 19.4 Å². The van der Waals surface area contributed by atoms with Crippen LogP contribution in [0.1, 0.15) is 23.7 Å². The monoisotopic (exact) mass is 228 g/mol. The van der Waals surface area contributed by atoms with Gasteiger partial charge in [0.05, 0.1) is 12.5 Å². The van der Waals surface area contributed by atoms with Crippen LogP contribution in [0.5, 0.6) is 0 Å². The maximum absolute atomic E-state index is 12.7. The summed E-state index contributed by atoms with van der Waals surface area (Å²) in [5.41, 5.74) is 5.61. The second-order valence-electron chi connectivity index (χ2n) is 3.55. The number of carbonyl (C=O) groups excluding carboxylic acids is 1. The van der Waals surface area contributed by atoms with Crippen LogP contribution in [-0.4, -0.2) is 27.2 Å². The number of aryl methyl sites for hydroxylation is 1. The number of pyridine rings is 1. The first-order chi connectivity index (χ1) is 7.41. The van der Waals surface area contributed by atoms with Crippen LogP contribution in [0.25, 0.3) is 0 Å². The number of nitrogens with zero attached hydrogens (tertiary/aromatic N) is 1. The normalized spacial score (nSPS) is 14.5. The minimum absolute atomic E-state index is 0.273. The molecular weight excluding hydrogens is 215 g/mol. The van der Waals surface area contributed by atoms with E-state index in [1.807, 2.05) is 0 Å². The molecule has 88 valence electrons. The van der Waals surface area contributed by atoms with Gasteiger partial charge in [0.1, 0.15) is 6.10 Å². The molecule has 1 heterocycles. The van der Waals surface area contributed by atoms with Crippen molar-refractivity contribution in [3.63, 3.8) is 0 Å². The number of primary amides is 1. The zero-order valence-corrected chi connectivity index (χ0v) is 8.72. The quantitative estimate of drug-likeness (QED) is 0.622. The Labute approximate surface area is 91.7 Å². The Morgan fingerprint density at radius 2 is 2.25 bits per heavy atom. The zero-order valence-electron chi connectivity index (χ0n) is 8.72. The highest BCUT2D eigenvalue weighted by Gasteiger charge is 2.22. The lowest BCUT2D eigenvalue weighted by atomic mass is 10.00. The fourth-order valence-corrected chi connectivity index (χ4v) is 1.37. The first kappa shape index (κ1) is 12.5. The third kappa shape index (κ3) is 2.98. The predicted octanol–water partition coefficient (Wildman–Crippen LogP) is -0.201. The number of carbonyl (C=O) groups is 1. The molecule has 0 radical (unpaired) electrons. The van der Waals surface area contributed by atoms with Gasteiger partial charge in [-0.1, -0.05) is 0 Å². The summed E-state index contributed by atoms with van der Waals surface area (Å²) in [4.78, 5) is 13.9. The Kier molecular flexibility index (Phi) is 3.92. The van der Waals surface area contributed by atoms with Crippen molar-refractivity contribution in [1.82, 2.24) is 4.98 Å². The topological polar surface area (TPSA) is 96.4 Å². The molecule has 0 aliphatic carbocycles. The third-order valence-corrected chi connectivity index (χ3v) is 2.21. The van der Waals surface area contributed by atoms with Crippen molar-refractivity contribution < 1.29 is 19.4 Å². The Morgan fingerprint density at radius 3 is 2.75 bits per heavy atom. The molecule has 5 nitrogen and oxygen atoms in total. The van der Waals surface area contributed by atoms with Crippen molar-refractivity contribution in [2.45, 2.75) is 25.6 Å². The minimum atomic E-state index is -1.32. The number of hydrogen-bond acceptors (Lipinski definition) is 4. The average molecular weight is 228 g/mol. The van der Waals surface area contributed by atoms with Crippen LogP contribution >= 0.6 is 0 Å². The van der Waals surface area contributed by atoms with E-state index in [1.54, 1.807) is 6.92 Å². The van der Waals surface area contributed by atoms with Crippen LogP contribution < -0.4 is 5.73 Å². The predicted molar refractivity (Wildman–Crippen MR) is 53.7 cm³/mol. The first-order valence-electron chi connectivity index (χ1n) is 4.68. The van der Waals surface area contributed by atoms with E-state index >= 15 is 0 Å². The van der Waals surface area contributed by atoms with Gasteiger partial charge in [-0.25, -0.2) is 4.98 Å². The summed E-state index contributed by atoms with van der Waals surface area (Å²) in [6.45, 7) is 1.57. The minimum Gasteiger partial charge on any atom is -0.390 e. The van der Waals surface area contributed by atoms with Crippen LogP contribution in [0.2, 0.25) is 0 Å². The maximum Gasteiger partial charge on any atom is 0.220 e. The van der Waals surface area contributed by atoms with Gasteiger partial charge in [-0.3, -0.25) is 4.79 Å². The summed E-state index contributed by atoms with van der Waals surface area (Å²) in [5, 5.41) is 19.2. The Balaban J connectivity index is 2.87. The number of rotatable bonds is 4. The highest BCUT2D eigenvalue weighted by atomic mass is 19.1. The molecule has 0 saturated carbocycles. The number of nitrogens with two attached hydrogens (primary N) is 1. The lowest BCUT2D eigenvalue weighted by Crippen LogP contribution is -2.26. The summed E-state index contributed by atoms with van der Waals surface area (Å²) in [6, 6.07) is 1.13.